The first-order chi connectivity index (χ1) is 4.96. The number of aliphatic carboxylic acids is 1. The van der Waals surface area contributed by atoms with E-state index in [0.29, 0.717) is 6.42 Å². The fourth-order valence-electron chi connectivity index (χ4n) is 1.86. The van der Waals surface area contributed by atoms with Crippen LogP contribution in [0.4, 0.5) is 0 Å². The molecule has 2 fully saturated rings. The van der Waals surface area contributed by atoms with Crippen LogP contribution in [0.25, 0.3) is 0 Å². The molecule has 11 heavy (non-hydrogen) atoms. The summed E-state index contributed by atoms with van der Waals surface area (Å²) < 4.78 is 21.8. The van der Waals surface area contributed by atoms with Crippen LogP contribution in [0.5, 0.6) is 0 Å². The number of rotatable bonds is 1. The molecule has 4 nitrogen and oxygen atoms in total. The highest BCUT2D eigenvalue weighted by Crippen LogP contribution is 2.58. The van der Waals surface area contributed by atoms with E-state index in [4.69, 9.17) is 5.11 Å². The summed E-state index contributed by atoms with van der Waals surface area (Å²) in [6.45, 7) is 0. The van der Waals surface area contributed by atoms with Gasteiger partial charge in [-0.15, -0.1) is 0 Å². The molecule has 62 valence electrons. The highest BCUT2D eigenvalue weighted by atomic mass is 32.2. The molecule has 2 unspecified atom stereocenters. The molecule has 2 atom stereocenters. The molecular weight excluding hydrogens is 168 g/mol. The number of carbonyl (C=O) groups is 1. The lowest BCUT2D eigenvalue weighted by Crippen LogP contribution is -2.20. The van der Waals surface area contributed by atoms with Gasteiger partial charge in [-0.05, 0) is 12.3 Å². The zero-order valence-corrected chi connectivity index (χ0v) is 6.60. The van der Waals surface area contributed by atoms with Crippen LogP contribution >= 0.6 is 0 Å². The van der Waals surface area contributed by atoms with Gasteiger partial charge in [-0.25, -0.2) is 8.42 Å². The van der Waals surface area contributed by atoms with E-state index in [-0.39, 0.29) is 17.4 Å². The Morgan fingerprint density at radius 3 is 2.45 bits per heavy atom. The van der Waals surface area contributed by atoms with E-state index in [1.165, 1.54) is 0 Å². The van der Waals surface area contributed by atoms with Crippen molar-refractivity contribution in [2.45, 2.75) is 6.42 Å². The van der Waals surface area contributed by atoms with Crippen molar-refractivity contribution in [3.05, 3.63) is 0 Å². The van der Waals surface area contributed by atoms with E-state index in [0.717, 1.165) is 0 Å². The first kappa shape index (κ1) is 7.09. The lowest BCUT2D eigenvalue weighted by Gasteiger charge is -2.01. The first-order valence-electron chi connectivity index (χ1n) is 3.40. The maximum Gasteiger partial charge on any atom is 0.310 e. The summed E-state index contributed by atoms with van der Waals surface area (Å²) in [5.74, 6) is -1.09. The van der Waals surface area contributed by atoms with Gasteiger partial charge in [-0.1, -0.05) is 0 Å². The van der Waals surface area contributed by atoms with Crippen LogP contribution < -0.4 is 0 Å². The molecule has 1 saturated heterocycles. The molecule has 2 rings (SSSR count). The van der Waals surface area contributed by atoms with Crippen LogP contribution in [0.1, 0.15) is 6.42 Å². The van der Waals surface area contributed by atoms with E-state index in [2.05, 4.69) is 0 Å². The van der Waals surface area contributed by atoms with Gasteiger partial charge in [0, 0.05) is 0 Å². The average Bonchev–Trinajstić information content (AvgIpc) is 2.35. The van der Waals surface area contributed by atoms with Crippen molar-refractivity contribution in [2.24, 2.45) is 11.3 Å². The van der Waals surface area contributed by atoms with Gasteiger partial charge in [0.25, 0.3) is 0 Å². The van der Waals surface area contributed by atoms with Crippen LogP contribution in [-0.4, -0.2) is 31.0 Å². The van der Waals surface area contributed by atoms with E-state index in [1.807, 2.05) is 0 Å². The van der Waals surface area contributed by atoms with Crippen LogP contribution in [0.3, 0.4) is 0 Å². The number of hydrogen-bond acceptors (Lipinski definition) is 3. The molecule has 0 aromatic heterocycles. The van der Waals surface area contributed by atoms with E-state index < -0.39 is 21.2 Å². The maximum absolute atomic E-state index is 10.9. The van der Waals surface area contributed by atoms with E-state index in [9.17, 15) is 13.2 Å². The predicted molar refractivity (Wildman–Crippen MR) is 36.8 cm³/mol. The minimum Gasteiger partial charge on any atom is -0.481 e. The molecule has 0 spiro atoms. The van der Waals surface area contributed by atoms with Crippen molar-refractivity contribution in [1.29, 1.82) is 0 Å². The smallest absolute Gasteiger partial charge is 0.310 e. The number of carboxylic acids is 1. The summed E-state index contributed by atoms with van der Waals surface area (Å²) in [6, 6.07) is 0. The Morgan fingerprint density at radius 2 is 2.18 bits per heavy atom. The van der Waals surface area contributed by atoms with Gasteiger partial charge in [0.15, 0.2) is 9.84 Å². The van der Waals surface area contributed by atoms with Gasteiger partial charge in [0.2, 0.25) is 0 Å². The molecule has 0 amide bonds. The zero-order valence-electron chi connectivity index (χ0n) is 5.78. The SMILES string of the molecule is O=C(O)C12CC1CS(=O)(=O)C2. The summed E-state index contributed by atoms with van der Waals surface area (Å²) in [5, 5.41) is 8.68. The Labute approximate surface area is 64.1 Å². The normalized spacial score (nSPS) is 44.9. The summed E-state index contributed by atoms with van der Waals surface area (Å²) in [4.78, 5) is 10.6. The van der Waals surface area contributed by atoms with Crippen molar-refractivity contribution in [3.8, 4) is 0 Å². The lowest BCUT2D eigenvalue weighted by atomic mass is 10.1. The quantitative estimate of drug-likeness (QED) is 0.585. The number of sulfone groups is 1. The molecule has 1 N–H and O–H groups in total. The fourth-order valence-corrected chi connectivity index (χ4v) is 4.29. The zero-order chi connectivity index (χ0) is 8.28. The fraction of sp³-hybridized carbons (Fsp3) is 0.833. The Hall–Kier alpha value is -0.580. The van der Waals surface area contributed by atoms with Crippen molar-refractivity contribution >= 4 is 15.8 Å². The second-order valence-corrected chi connectivity index (χ2v) is 5.53. The molecule has 1 aliphatic carbocycles. The Balaban J connectivity index is 2.32. The van der Waals surface area contributed by atoms with Gasteiger partial charge in [-0.3, -0.25) is 4.79 Å². The standard InChI is InChI=1S/C6H8O4S/c7-5(8)6-1-4(6)2-11(9,10)3-6/h4H,1-3H2,(H,7,8). The van der Waals surface area contributed by atoms with Crippen molar-refractivity contribution in [2.75, 3.05) is 11.5 Å². The summed E-state index contributed by atoms with van der Waals surface area (Å²) in [6.07, 6.45) is 0.557. The van der Waals surface area contributed by atoms with E-state index in [1.54, 1.807) is 0 Å². The van der Waals surface area contributed by atoms with Crippen LogP contribution in [0, 0.1) is 11.3 Å². The monoisotopic (exact) mass is 176 g/mol. The predicted octanol–water partition coefficient (Wildman–Crippen LogP) is -0.494. The summed E-state index contributed by atoms with van der Waals surface area (Å²) in [5.41, 5.74) is -0.876. The van der Waals surface area contributed by atoms with Crippen LogP contribution in [-0.2, 0) is 14.6 Å². The first-order valence-corrected chi connectivity index (χ1v) is 5.22. The van der Waals surface area contributed by atoms with Gasteiger partial charge >= 0.3 is 5.97 Å². The largest absolute Gasteiger partial charge is 0.481 e. The second-order valence-electron chi connectivity index (χ2n) is 3.42. The molecular formula is C6H8O4S. The minimum atomic E-state index is -3.03. The molecule has 1 heterocycles. The Kier molecular flexibility index (Phi) is 1.03. The molecule has 1 saturated carbocycles. The van der Waals surface area contributed by atoms with Gasteiger partial charge < -0.3 is 5.11 Å². The van der Waals surface area contributed by atoms with Gasteiger partial charge in [0.1, 0.15) is 0 Å². The van der Waals surface area contributed by atoms with Crippen molar-refractivity contribution in [1.82, 2.24) is 0 Å². The summed E-state index contributed by atoms with van der Waals surface area (Å²) >= 11 is 0. The van der Waals surface area contributed by atoms with Gasteiger partial charge in [-0.2, -0.15) is 0 Å². The average molecular weight is 176 g/mol. The van der Waals surface area contributed by atoms with Crippen LogP contribution in [0.2, 0.25) is 0 Å². The topological polar surface area (TPSA) is 71.4 Å². The third kappa shape index (κ3) is 0.803. The molecule has 0 bridgehead atoms. The molecule has 0 radical (unpaired) electrons. The number of fused-ring (bicyclic) bond motifs is 1. The molecule has 5 heteroatoms. The van der Waals surface area contributed by atoms with E-state index >= 15 is 0 Å². The molecule has 0 aromatic rings. The summed E-state index contributed by atoms with van der Waals surface area (Å²) in [7, 11) is -3.03. The highest BCUT2D eigenvalue weighted by Gasteiger charge is 2.68. The highest BCUT2D eigenvalue weighted by molar-refractivity contribution is 7.91. The third-order valence-corrected chi connectivity index (χ3v) is 4.46. The third-order valence-electron chi connectivity index (χ3n) is 2.59. The van der Waals surface area contributed by atoms with Crippen LogP contribution in [0.15, 0.2) is 0 Å². The Morgan fingerprint density at radius 1 is 1.55 bits per heavy atom. The number of carboxylic acid groups (broad SMARTS) is 1. The maximum atomic E-state index is 10.9. The van der Waals surface area contributed by atoms with Gasteiger partial charge in [0.05, 0.1) is 16.9 Å². The lowest BCUT2D eigenvalue weighted by molar-refractivity contribution is -0.142. The molecule has 1 aliphatic heterocycles. The molecule has 2 aliphatic rings. The minimum absolute atomic E-state index is 0.0826. The number of hydrogen-bond donors (Lipinski definition) is 1. The molecule has 0 aromatic carbocycles. The van der Waals surface area contributed by atoms with Crippen molar-refractivity contribution in [3.63, 3.8) is 0 Å². The Bertz CT molecular complexity index is 317. The van der Waals surface area contributed by atoms with Crippen molar-refractivity contribution < 1.29 is 18.3 Å². The second kappa shape index (κ2) is 1.60.